The van der Waals surface area contributed by atoms with Crippen molar-refractivity contribution >= 4 is 11.0 Å². The molecule has 108 valence electrons. The Labute approximate surface area is 119 Å². The van der Waals surface area contributed by atoms with Gasteiger partial charge in [0.1, 0.15) is 0 Å². The van der Waals surface area contributed by atoms with E-state index in [2.05, 4.69) is 36.7 Å². The van der Waals surface area contributed by atoms with E-state index in [1.54, 1.807) is 0 Å². The fourth-order valence-corrected chi connectivity index (χ4v) is 3.37. The number of hydrogen-bond acceptors (Lipinski definition) is 2. The molecule has 4 nitrogen and oxygen atoms in total. The van der Waals surface area contributed by atoms with Crippen molar-refractivity contribution in [3.05, 3.63) is 34.2 Å². The zero-order valence-corrected chi connectivity index (χ0v) is 12.5. The number of aromatic nitrogens is 2. The third-order valence-corrected chi connectivity index (χ3v) is 4.53. The summed E-state index contributed by atoms with van der Waals surface area (Å²) < 4.78 is 1.99. The smallest absolute Gasteiger partial charge is 0.306 e. The minimum atomic E-state index is 0.0392. The van der Waals surface area contributed by atoms with Crippen LogP contribution >= 0.6 is 0 Å². The van der Waals surface area contributed by atoms with Crippen LogP contribution in [0, 0.1) is 6.92 Å². The van der Waals surface area contributed by atoms with Gasteiger partial charge in [-0.25, -0.2) is 4.79 Å². The Hall–Kier alpha value is -1.55. The number of hydrogen-bond donors (Lipinski definition) is 1. The third kappa shape index (κ3) is 2.18. The molecule has 4 heteroatoms. The van der Waals surface area contributed by atoms with Crippen molar-refractivity contribution in [2.24, 2.45) is 0 Å². The van der Waals surface area contributed by atoms with Crippen LogP contribution in [-0.4, -0.2) is 33.6 Å². The molecule has 3 rings (SSSR count). The average molecular weight is 273 g/mol. The van der Waals surface area contributed by atoms with Gasteiger partial charge in [-0.2, -0.15) is 0 Å². The Balaban J connectivity index is 1.96. The van der Waals surface area contributed by atoms with Crippen LogP contribution in [0.5, 0.6) is 0 Å². The van der Waals surface area contributed by atoms with Gasteiger partial charge in [-0.1, -0.05) is 12.1 Å². The first-order valence-electron chi connectivity index (χ1n) is 7.52. The summed E-state index contributed by atoms with van der Waals surface area (Å²) in [6.07, 6.45) is 2.11. The molecule has 0 amide bonds. The van der Waals surface area contributed by atoms with Crippen molar-refractivity contribution in [3.63, 3.8) is 0 Å². The zero-order chi connectivity index (χ0) is 14.3. The maximum Gasteiger partial charge on any atom is 0.326 e. The van der Waals surface area contributed by atoms with Crippen molar-refractivity contribution in [1.82, 2.24) is 14.5 Å². The second-order valence-corrected chi connectivity index (χ2v) is 6.13. The van der Waals surface area contributed by atoms with E-state index in [9.17, 15) is 4.79 Å². The van der Waals surface area contributed by atoms with Crippen molar-refractivity contribution in [1.29, 1.82) is 0 Å². The number of para-hydroxylation sites is 1. The Morgan fingerprint density at radius 3 is 2.60 bits per heavy atom. The standard InChI is InChI=1S/C16H23N3O/c1-11(2)18-9-7-13(8-10-18)19-15-12(3)5-4-6-14(15)17-16(19)20/h4-6,11,13H,7-10H2,1-3H3,(H,17,20). The molecule has 1 aromatic heterocycles. The van der Waals surface area contributed by atoms with Crippen LogP contribution in [-0.2, 0) is 0 Å². The van der Waals surface area contributed by atoms with E-state index in [0.29, 0.717) is 12.1 Å². The Kier molecular flexibility index (Phi) is 3.42. The van der Waals surface area contributed by atoms with Gasteiger partial charge in [-0.3, -0.25) is 4.57 Å². The lowest BCUT2D eigenvalue weighted by atomic mass is 10.0. The molecule has 2 aromatic rings. The molecule has 2 heterocycles. The molecular formula is C16H23N3O. The summed E-state index contributed by atoms with van der Waals surface area (Å²) in [5, 5.41) is 0. The largest absolute Gasteiger partial charge is 0.326 e. The van der Waals surface area contributed by atoms with Gasteiger partial charge in [0.2, 0.25) is 0 Å². The number of H-pyrrole nitrogens is 1. The molecule has 0 unspecified atom stereocenters. The molecule has 1 aliphatic rings. The van der Waals surface area contributed by atoms with E-state index in [0.717, 1.165) is 37.0 Å². The molecule has 1 N–H and O–H groups in total. The minimum absolute atomic E-state index is 0.0392. The predicted octanol–water partition coefficient (Wildman–Crippen LogP) is 2.68. The highest BCUT2D eigenvalue weighted by molar-refractivity contribution is 5.78. The van der Waals surface area contributed by atoms with Crippen LogP contribution in [0.25, 0.3) is 11.0 Å². The van der Waals surface area contributed by atoms with E-state index in [1.165, 1.54) is 5.56 Å². The first-order chi connectivity index (χ1) is 9.58. The van der Waals surface area contributed by atoms with Gasteiger partial charge >= 0.3 is 5.69 Å². The van der Waals surface area contributed by atoms with Crippen molar-refractivity contribution in [2.75, 3.05) is 13.1 Å². The number of piperidine rings is 1. The molecular weight excluding hydrogens is 250 g/mol. The van der Waals surface area contributed by atoms with E-state index >= 15 is 0 Å². The maximum absolute atomic E-state index is 12.3. The third-order valence-electron chi connectivity index (χ3n) is 4.53. The normalized spacial score (nSPS) is 18.2. The highest BCUT2D eigenvalue weighted by Gasteiger charge is 2.24. The van der Waals surface area contributed by atoms with Gasteiger partial charge < -0.3 is 9.88 Å². The highest BCUT2D eigenvalue weighted by Crippen LogP contribution is 2.27. The van der Waals surface area contributed by atoms with Crippen molar-refractivity contribution < 1.29 is 0 Å². The molecule has 0 radical (unpaired) electrons. The summed E-state index contributed by atoms with van der Waals surface area (Å²) in [7, 11) is 0. The first-order valence-corrected chi connectivity index (χ1v) is 7.52. The SMILES string of the molecule is Cc1cccc2[nH]c(=O)n(C3CCN(C(C)C)CC3)c12. The summed E-state index contributed by atoms with van der Waals surface area (Å²) in [5.41, 5.74) is 3.26. The lowest BCUT2D eigenvalue weighted by Gasteiger charge is -2.35. The first kappa shape index (κ1) is 13.4. The van der Waals surface area contributed by atoms with Crippen molar-refractivity contribution in [3.8, 4) is 0 Å². The number of nitrogens with one attached hydrogen (secondary N) is 1. The maximum atomic E-state index is 12.3. The molecule has 1 fully saturated rings. The van der Waals surface area contributed by atoms with Gasteiger partial charge in [0.25, 0.3) is 0 Å². The minimum Gasteiger partial charge on any atom is -0.306 e. The predicted molar refractivity (Wildman–Crippen MR) is 82.3 cm³/mol. The molecule has 0 saturated carbocycles. The monoisotopic (exact) mass is 273 g/mol. The molecule has 1 aliphatic heterocycles. The molecule has 20 heavy (non-hydrogen) atoms. The lowest BCUT2D eigenvalue weighted by Crippen LogP contribution is -2.40. The molecule has 1 saturated heterocycles. The fraction of sp³-hybridized carbons (Fsp3) is 0.562. The van der Waals surface area contributed by atoms with Crippen LogP contribution in [0.15, 0.2) is 23.0 Å². The van der Waals surface area contributed by atoms with Gasteiger partial charge in [0, 0.05) is 25.2 Å². The van der Waals surface area contributed by atoms with E-state index < -0.39 is 0 Å². The Morgan fingerprint density at radius 1 is 1.25 bits per heavy atom. The van der Waals surface area contributed by atoms with Crippen molar-refractivity contribution in [2.45, 2.75) is 45.7 Å². The second-order valence-electron chi connectivity index (χ2n) is 6.13. The van der Waals surface area contributed by atoms with Crippen LogP contribution in [0.2, 0.25) is 0 Å². The van der Waals surface area contributed by atoms with E-state index in [4.69, 9.17) is 0 Å². The number of nitrogens with zero attached hydrogens (tertiary/aromatic N) is 2. The topological polar surface area (TPSA) is 41.0 Å². The Bertz CT molecular complexity index is 660. The number of imidazole rings is 1. The number of aromatic amines is 1. The van der Waals surface area contributed by atoms with Crippen LogP contribution in [0.4, 0.5) is 0 Å². The molecule has 0 aliphatic carbocycles. The second kappa shape index (κ2) is 5.09. The number of likely N-dealkylation sites (tertiary alicyclic amines) is 1. The van der Waals surface area contributed by atoms with Gasteiger partial charge in [-0.05, 0) is 45.2 Å². The summed E-state index contributed by atoms with van der Waals surface area (Å²) in [5.74, 6) is 0. The van der Waals surface area contributed by atoms with Gasteiger partial charge in [0.15, 0.2) is 0 Å². The zero-order valence-electron chi connectivity index (χ0n) is 12.5. The molecule has 1 aromatic carbocycles. The van der Waals surface area contributed by atoms with Crippen LogP contribution in [0.1, 0.15) is 38.3 Å². The Morgan fingerprint density at radius 2 is 1.95 bits per heavy atom. The van der Waals surface area contributed by atoms with E-state index in [1.807, 2.05) is 16.7 Å². The van der Waals surface area contributed by atoms with Gasteiger partial charge in [0.05, 0.1) is 11.0 Å². The highest BCUT2D eigenvalue weighted by atomic mass is 16.1. The molecule has 0 atom stereocenters. The molecule has 0 spiro atoms. The number of fused-ring (bicyclic) bond motifs is 1. The fourth-order valence-electron chi connectivity index (χ4n) is 3.37. The van der Waals surface area contributed by atoms with Crippen LogP contribution in [0.3, 0.4) is 0 Å². The molecule has 0 bridgehead atoms. The average Bonchev–Trinajstić information content (AvgIpc) is 2.76. The lowest BCUT2D eigenvalue weighted by molar-refractivity contribution is 0.152. The quantitative estimate of drug-likeness (QED) is 0.914. The summed E-state index contributed by atoms with van der Waals surface area (Å²) in [4.78, 5) is 17.8. The number of rotatable bonds is 2. The van der Waals surface area contributed by atoms with Crippen LogP contribution < -0.4 is 5.69 Å². The van der Waals surface area contributed by atoms with Gasteiger partial charge in [-0.15, -0.1) is 0 Å². The number of benzene rings is 1. The summed E-state index contributed by atoms with van der Waals surface area (Å²) in [6.45, 7) is 8.71. The van der Waals surface area contributed by atoms with E-state index in [-0.39, 0.29) is 5.69 Å². The number of aryl methyl sites for hydroxylation is 1. The summed E-state index contributed by atoms with van der Waals surface area (Å²) in [6, 6.07) is 6.99. The summed E-state index contributed by atoms with van der Waals surface area (Å²) >= 11 is 0.